The summed E-state index contributed by atoms with van der Waals surface area (Å²) < 4.78 is 0. The lowest BCUT2D eigenvalue weighted by Gasteiger charge is -1.94. The standard InChI is InChI=1S/C7H11N3O2S/c8-4-2-1-3-6-7(10(11)12)13-5-9-6/h5H,1-4,8H2. The van der Waals surface area contributed by atoms with Crippen LogP contribution >= 0.6 is 11.3 Å². The van der Waals surface area contributed by atoms with Gasteiger partial charge in [0.05, 0.1) is 10.4 Å². The molecule has 0 aromatic carbocycles. The van der Waals surface area contributed by atoms with Gasteiger partial charge in [-0.25, -0.2) is 4.98 Å². The molecule has 2 N–H and O–H groups in total. The van der Waals surface area contributed by atoms with E-state index in [1.807, 2.05) is 0 Å². The first-order valence-corrected chi connectivity index (χ1v) is 4.90. The largest absolute Gasteiger partial charge is 0.346 e. The van der Waals surface area contributed by atoms with Crippen LogP contribution in [0.15, 0.2) is 5.51 Å². The summed E-state index contributed by atoms with van der Waals surface area (Å²) in [4.78, 5) is 14.0. The predicted octanol–water partition coefficient (Wildman–Crippen LogP) is 1.33. The maximum absolute atomic E-state index is 10.5. The predicted molar refractivity (Wildman–Crippen MR) is 50.8 cm³/mol. The smallest absolute Gasteiger partial charge is 0.330 e. The normalized spacial score (nSPS) is 10.2. The van der Waals surface area contributed by atoms with Crippen LogP contribution in [0.1, 0.15) is 18.5 Å². The van der Waals surface area contributed by atoms with E-state index in [4.69, 9.17) is 5.73 Å². The van der Waals surface area contributed by atoms with Crippen LogP contribution in [-0.2, 0) is 6.42 Å². The molecule has 1 rings (SSSR count). The summed E-state index contributed by atoms with van der Waals surface area (Å²) in [7, 11) is 0. The van der Waals surface area contributed by atoms with Gasteiger partial charge in [-0.1, -0.05) is 0 Å². The summed E-state index contributed by atoms with van der Waals surface area (Å²) in [6, 6.07) is 0. The summed E-state index contributed by atoms with van der Waals surface area (Å²) >= 11 is 1.07. The number of aryl methyl sites for hydroxylation is 1. The van der Waals surface area contributed by atoms with Crippen LogP contribution in [-0.4, -0.2) is 16.5 Å². The Labute approximate surface area is 79.7 Å². The molecule has 1 aromatic rings. The summed E-state index contributed by atoms with van der Waals surface area (Å²) in [5.41, 5.74) is 7.41. The third kappa shape index (κ3) is 2.74. The highest BCUT2D eigenvalue weighted by molar-refractivity contribution is 7.13. The SMILES string of the molecule is NCCCCc1ncsc1[N+](=O)[O-]. The monoisotopic (exact) mass is 201 g/mol. The van der Waals surface area contributed by atoms with Crippen molar-refractivity contribution in [2.24, 2.45) is 5.73 Å². The first-order chi connectivity index (χ1) is 6.25. The number of nitrogens with zero attached hydrogens (tertiary/aromatic N) is 2. The van der Waals surface area contributed by atoms with Crippen LogP contribution in [0.4, 0.5) is 5.00 Å². The Bertz CT molecular complexity index is 287. The second-order valence-corrected chi connectivity index (χ2v) is 3.44. The number of nitrogens with two attached hydrogens (primary N) is 1. The molecule has 1 heterocycles. The van der Waals surface area contributed by atoms with Crippen molar-refractivity contribution in [2.45, 2.75) is 19.3 Å². The Kier molecular flexibility index (Phi) is 3.78. The van der Waals surface area contributed by atoms with E-state index in [1.54, 1.807) is 0 Å². The molecule has 0 spiro atoms. The van der Waals surface area contributed by atoms with Gasteiger partial charge in [-0.3, -0.25) is 10.1 Å². The molecular formula is C7H11N3O2S. The summed E-state index contributed by atoms with van der Waals surface area (Å²) in [5, 5.41) is 10.6. The number of unbranched alkanes of at least 4 members (excludes halogenated alkanes) is 1. The van der Waals surface area contributed by atoms with E-state index in [0.29, 0.717) is 18.7 Å². The molecule has 72 valence electrons. The van der Waals surface area contributed by atoms with Gasteiger partial charge in [0.15, 0.2) is 0 Å². The van der Waals surface area contributed by atoms with E-state index in [-0.39, 0.29) is 9.92 Å². The summed E-state index contributed by atoms with van der Waals surface area (Å²) in [6.45, 7) is 0.623. The molecule has 0 atom stereocenters. The number of nitro groups is 1. The number of hydrogen-bond acceptors (Lipinski definition) is 5. The van der Waals surface area contributed by atoms with Crippen molar-refractivity contribution >= 4 is 16.3 Å². The fourth-order valence-corrected chi connectivity index (χ4v) is 1.68. The number of aromatic nitrogens is 1. The van der Waals surface area contributed by atoms with Gasteiger partial charge in [0.25, 0.3) is 0 Å². The van der Waals surface area contributed by atoms with Gasteiger partial charge in [0.2, 0.25) is 0 Å². The van der Waals surface area contributed by atoms with Crippen LogP contribution < -0.4 is 5.73 Å². The van der Waals surface area contributed by atoms with E-state index < -0.39 is 0 Å². The van der Waals surface area contributed by atoms with E-state index in [0.717, 1.165) is 24.2 Å². The molecule has 0 aliphatic heterocycles. The van der Waals surface area contributed by atoms with Crippen LogP contribution in [0.2, 0.25) is 0 Å². The van der Waals surface area contributed by atoms with Crippen molar-refractivity contribution in [3.8, 4) is 0 Å². The van der Waals surface area contributed by atoms with Crippen molar-refractivity contribution < 1.29 is 4.92 Å². The maximum atomic E-state index is 10.5. The van der Waals surface area contributed by atoms with Crippen LogP contribution in [0.3, 0.4) is 0 Å². The third-order valence-corrected chi connectivity index (χ3v) is 2.47. The Morgan fingerprint density at radius 2 is 2.38 bits per heavy atom. The average molecular weight is 201 g/mol. The molecule has 0 amide bonds. The molecule has 0 bridgehead atoms. The van der Waals surface area contributed by atoms with Gasteiger partial charge in [-0.15, -0.1) is 0 Å². The highest BCUT2D eigenvalue weighted by Crippen LogP contribution is 2.23. The fraction of sp³-hybridized carbons (Fsp3) is 0.571. The van der Waals surface area contributed by atoms with Gasteiger partial charge in [0, 0.05) is 0 Å². The lowest BCUT2D eigenvalue weighted by molar-refractivity contribution is -0.381. The van der Waals surface area contributed by atoms with Gasteiger partial charge in [0.1, 0.15) is 5.69 Å². The van der Waals surface area contributed by atoms with Crippen LogP contribution in [0, 0.1) is 10.1 Å². The Balaban J connectivity index is 2.55. The molecule has 0 fully saturated rings. The number of thiazole rings is 1. The minimum absolute atomic E-state index is 0.164. The average Bonchev–Trinajstić information content (AvgIpc) is 2.53. The Morgan fingerprint density at radius 1 is 1.62 bits per heavy atom. The van der Waals surface area contributed by atoms with Gasteiger partial charge in [-0.05, 0) is 37.1 Å². The first-order valence-electron chi connectivity index (χ1n) is 4.02. The Hall–Kier alpha value is -1.01. The molecular weight excluding hydrogens is 190 g/mol. The summed E-state index contributed by atoms with van der Waals surface area (Å²) in [6.07, 6.45) is 2.40. The Morgan fingerprint density at radius 3 is 3.00 bits per heavy atom. The van der Waals surface area contributed by atoms with Crippen molar-refractivity contribution in [2.75, 3.05) is 6.54 Å². The molecule has 0 saturated heterocycles. The highest BCUT2D eigenvalue weighted by Gasteiger charge is 2.15. The highest BCUT2D eigenvalue weighted by atomic mass is 32.1. The molecule has 5 nitrogen and oxygen atoms in total. The maximum Gasteiger partial charge on any atom is 0.346 e. The van der Waals surface area contributed by atoms with Gasteiger partial charge in [-0.2, -0.15) is 0 Å². The summed E-state index contributed by atoms with van der Waals surface area (Å²) in [5.74, 6) is 0. The van der Waals surface area contributed by atoms with Crippen molar-refractivity contribution in [3.05, 3.63) is 21.3 Å². The fourth-order valence-electron chi connectivity index (χ4n) is 1.02. The number of hydrogen-bond donors (Lipinski definition) is 1. The van der Waals surface area contributed by atoms with E-state index in [1.165, 1.54) is 5.51 Å². The topological polar surface area (TPSA) is 82.0 Å². The second-order valence-electron chi connectivity index (χ2n) is 2.61. The van der Waals surface area contributed by atoms with Crippen molar-refractivity contribution in [3.63, 3.8) is 0 Å². The minimum Gasteiger partial charge on any atom is -0.330 e. The lowest BCUT2D eigenvalue weighted by Crippen LogP contribution is -2.00. The molecule has 0 radical (unpaired) electrons. The van der Waals surface area contributed by atoms with E-state index in [2.05, 4.69) is 4.98 Å². The van der Waals surface area contributed by atoms with E-state index >= 15 is 0 Å². The molecule has 6 heteroatoms. The van der Waals surface area contributed by atoms with Crippen molar-refractivity contribution in [1.29, 1.82) is 0 Å². The van der Waals surface area contributed by atoms with Crippen LogP contribution in [0.5, 0.6) is 0 Å². The quantitative estimate of drug-likeness (QED) is 0.442. The van der Waals surface area contributed by atoms with Crippen molar-refractivity contribution in [1.82, 2.24) is 4.98 Å². The zero-order valence-electron chi connectivity index (χ0n) is 7.10. The molecule has 0 aliphatic carbocycles. The molecule has 0 saturated carbocycles. The number of rotatable bonds is 5. The lowest BCUT2D eigenvalue weighted by atomic mass is 10.2. The minimum atomic E-state index is -0.380. The second kappa shape index (κ2) is 4.88. The molecule has 13 heavy (non-hydrogen) atoms. The van der Waals surface area contributed by atoms with Gasteiger partial charge >= 0.3 is 5.00 Å². The van der Waals surface area contributed by atoms with Crippen LogP contribution in [0.25, 0.3) is 0 Å². The first kappa shape index (κ1) is 10.1. The third-order valence-electron chi connectivity index (χ3n) is 1.65. The zero-order chi connectivity index (χ0) is 9.68. The van der Waals surface area contributed by atoms with E-state index in [9.17, 15) is 10.1 Å². The molecule has 0 aliphatic rings. The molecule has 1 aromatic heterocycles. The zero-order valence-corrected chi connectivity index (χ0v) is 7.92. The molecule has 0 unspecified atom stereocenters. The van der Waals surface area contributed by atoms with Gasteiger partial charge < -0.3 is 5.73 Å².